The molecule has 0 saturated carbocycles. The van der Waals surface area contributed by atoms with Crippen molar-refractivity contribution < 1.29 is 24.6 Å². The third-order valence-corrected chi connectivity index (χ3v) is 2.73. The fourth-order valence-electron chi connectivity index (χ4n) is 1.82. The first-order chi connectivity index (χ1) is 8.75. The van der Waals surface area contributed by atoms with Gasteiger partial charge in [0.15, 0.2) is 11.7 Å². The van der Waals surface area contributed by atoms with Crippen LogP contribution in [0.3, 0.4) is 0 Å². The van der Waals surface area contributed by atoms with Crippen LogP contribution < -0.4 is 5.32 Å². The molecule has 0 aromatic carbocycles. The Bertz CT molecular complexity index is 375. The predicted molar refractivity (Wildman–Crippen MR) is 74.5 cm³/mol. The number of hydrogen-bond donors (Lipinski definition) is 3. The first kappa shape index (κ1) is 18.6. The van der Waals surface area contributed by atoms with Crippen molar-refractivity contribution in [2.24, 2.45) is 11.3 Å². The Kier molecular flexibility index (Phi) is 5.89. The topological polar surface area (TPSA) is 104 Å². The van der Waals surface area contributed by atoms with E-state index >= 15 is 0 Å². The lowest BCUT2D eigenvalue weighted by Crippen LogP contribution is -2.52. The molecule has 1 atom stereocenters. The van der Waals surface area contributed by atoms with Crippen LogP contribution in [0, 0.1) is 11.3 Å². The van der Waals surface area contributed by atoms with Crippen LogP contribution in [0.5, 0.6) is 0 Å². The molecule has 0 spiro atoms. The summed E-state index contributed by atoms with van der Waals surface area (Å²) < 4.78 is 0. The molecule has 0 unspecified atom stereocenters. The van der Waals surface area contributed by atoms with Crippen LogP contribution in [0.4, 0.5) is 0 Å². The molecule has 0 aliphatic carbocycles. The molecule has 20 heavy (non-hydrogen) atoms. The number of carbonyl (C=O) groups is 3. The SMILES string of the molecule is CC(C)(C)N[C@@H](CC(C(=O)O)C(=O)O)C(=O)C(C)(C)C. The maximum atomic E-state index is 12.4. The van der Waals surface area contributed by atoms with Gasteiger partial charge in [0.25, 0.3) is 0 Å². The van der Waals surface area contributed by atoms with Crippen molar-refractivity contribution >= 4 is 17.7 Å². The van der Waals surface area contributed by atoms with E-state index in [-0.39, 0.29) is 12.2 Å². The number of ketones is 1. The van der Waals surface area contributed by atoms with Gasteiger partial charge in [-0.1, -0.05) is 20.8 Å². The Hall–Kier alpha value is -1.43. The zero-order valence-corrected chi connectivity index (χ0v) is 13.0. The highest BCUT2D eigenvalue weighted by atomic mass is 16.4. The van der Waals surface area contributed by atoms with Crippen molar-refractivity contribution in [3.63, 3.8) is 0 Å². The van der Waals surface area contributed by atoms with E-state index < -0.39 is 34.9 Å². The molecule has 0 aliphatic heterocycles. The largest absolute Gasteiger partial charge is 0.481 e. The zero-order chi connectivity index (χ0) is 16.3. The lowest BCUT2D eigenvalue weighted by Gasteiger charge is -2.32. The maximum absolute atomic E-state index is 12.4. The second-order valence-corrected chi connectivity index (χ2v) is 7.03. The fraction of sp³-hybridized carbons (Fsp3) is 0.786. The van der Waals surface area contributed by atoms with Crippen molar-refractivity contribution in [2.75, 3.05) is 0 Å². The fourth-order valence-corrected chi connectivity index (χ4v) is 1.82. The summed E-state index contributed by atoms with van der Waals surface area (Å²) in [5.41, 5.74) is -1.10. The highest BCUT2D eigenvalue weighted by Crippen LogP contribution is 2.22. The van der Waals surface area contributed by atoms with Gasteiger partial charge < -0.3 is 15.5 Å². The van der Waals surface area contributed by atoms with Gasteiger partial charge in [0.1, 0.15) is 0 Å². The van der Waals surface area contributed by atoms with Gasteiger partial charge >= 0.3 is 11.9 Å². The van der Waals surface area contributed by atoms with Crippen LogP contribution in [0.2, 0.25) is 0 Å². The minimum atomic E-state index is -1.60. The Morgan fingerprint density at radius 2 is 1.35 bits per heavy atom. The van der Waals surface area contributed by atoms with Crippen molar-refractivity contribution in [3.8, 4) is 0 Å². The van der Waals surface area contributed by atoms with E-state index in [0.717, 1.165) is 0 Å². The van der Waals surface area contributed by atoms with Gasteiger partial charge in [-0.15, -0.1) is 0 Å². The number of carboxylic acid groups (broad SMARTS) is 2. The van der Waals surface area contributed by atoms with E-state index in [0.29, 0.717) is 0 Å². The van der Waals surface area contributed by atoms with Crippen molar-refractivity contribution in [3.05, 3.63) is 0 Å². The Morgan fingerprint density at radius 3 is 1.60 bits per heavy atom. The lowest BCUT2D eigenvalue weighted by atomic mass is 9.82. The number of nitrogens with one attached hydrogen (secondary N) is 1. The van der Waals surface area contributed by atoms with Crippen LogP contribution in [0.1, 0.15) is 48.0 Å². The van der Waals surface area contributed by atoms with Gasteiger partial charge in [-0.25, -0.2) is 0 Å². The summed E-state index contributed by atoms with van der Waals surface area (Å²) in [6.45, 7) is 10.7. The summed E-state index contributed by atoms with van der Waals surface area (Å²) in [7, 11) is 0. The molecule has 0 fully saturated rings. The van der Waals surface area contributed by atoms with Gasteiger partial charge in [-0.2, -0.15) is 0 Å². The van der Waals surface area contributed by atoms with Crippen molar-refractivity contribution in [1.82, 2.24) is 5.32 Å². The summed E-state index contributed by atoms with van der Waals surface area (Å²) in [6, 6.07) is -0.813. The Morgan fingerprint density at radius 1 is 0.950 bits per heavy atom. The zero-order valence-electron chi connectivity index (χ0n) is 13.0. The third-order valence-electron chi connectivity index (χ3n) is 2.73. The molecule has 0 bridgehead atoms. The lowest BCUT2D eigenvalue weighted by molar-refractivity contribution is -0.155. The smallest absolute Gasteiger partial charge is 0.317 e. The predicted octanol–water partition coefficient (Wildman–Crippen LogP) is 1.53. The monoisotopic (exact) mass is 287 g/mol. The average Bonchev–Trinajstić information content (AvgIpc) is 2.18. The van der Waals surface area contributed by atoms with Crippen LogP contribution in [-0.2, 0) is 14.4 Å². The van der Waals surface area contributed by atoms with Crippen LogP contribution in [0.25, 0.3) is 0 Å². The molecule has 6 nitrogen and oxygen atoms in total. The number of hydrogen-bond acceptors (Lipinski definition) is 4. The van der Waals surface area contributed by atoms with E-state index in [1.54, 1.807) is 20.8 Å². The van der Waals surface area contributed by atoms with Crippen LogP contribution in [0.15, 0.2) is 0 Å². The molecule has 116 valence electrons. The summed E-state index contributed by atoms with van der Waals surface area (Å²) in [4.78, 5) is 34.4. The maximum Gasteiger partial charge on any atom is 0.317 e. The first-order valence-electron chi connectivity index (χ1n) is 6.53. The summed E-state index contributed by atoms with van der Waals surface area (Å²) in [5, 5.41) is 20.9. The number of rotatable bonds is 6. The van der Waals surface area contributed by atoms with Crippen molar-refractivity contribution in [2.45, 2.75) is 59.5 Å². The second-order valence-electron chi connectivity index (χ2n) is 7.03. The molecule has 0 aliphatic rings. The molecule has 0 aromatic heterocycles. The number of aliphatic carboxylic acids is 2. The van der Waals surface area contributed by atoms with Crippen molar-refractivity contribution in [1.29, 1.82) is 0 Å². The van der Waals surface area contributed by atoms with Crippen LogP contribution >= 0.6 is 0 Å². The molecule has 0 amide bonds. The molecule has 0 saturated heterocycles. The summed E-state index contributed by atoms with van der Waals surface area (Å²) in [6.07, 6.45) is -0.266. The second kappa shape index (κ2) is 6.35. The van der Waals surface area contributed by atoms with Gasteiger partial charge in [0, 0.05) is 11.0 Å². The minimum Gasteiger partial charge on any atom is -0.481 e. The van der Waals surface area contributed by atoms with Gasteiger partial charge in [0.05, 0.1) is 6.04 Å². The number of Topliss-reactive ketones (excluding diaryl/α,β-unsaturated/α-hetero) is 1. The highest BCUT2D eigenvalue weighted by Gasteiger charge is 2.37. The quantitative estimate of drug-likeness (QED) is 0.640. The first-order valence-corrected chi connectivity index (χ1v) is 6.53. The van der Waals surface area contributed by atoms with Crippen LogP contribution in [-0.4, -0.2) is 39.5 Å². The molecule has 0 radical (unpaired) electrons. The van der Waals surface area contributed by atoms with E-state index in [1.807, 2.05) is 20.8 Å². The van der Waals surface area contributed by atoms with Gasteiger partial charge in [-0.05, 0) is 27.2 Å². The Labute approximate surface area is 119 Å². The molecule has 3 N–H and O–H groups in total. The Balaban J connectivity index is 5.28. The number of carbonyl (C=O) groups excluding carboxylic acids is 1. The van der Waals surface area contributed by atoms with E-state index in [4.69, 9.17) is 10.2 Å². The molecule has 0 rings (SSSR count). The van der Waals surface area contributed by atoms with Gasteiger partial charge in [0.2, 0.25) is 0 Å². The molecular weight excluding hydrogens is 262 g/mol. The number of carboxylic acids is 2. The summed E-state index contributed by atoms with van der Waals surface area (Å²) in [5.74, 6) is -4.65. The molecule has 0 aromatic rings. The van der Waals surface area contributed by atoms with E-state index in [2.05, 4.69) is 5.32 Å². The van der Waals surface area contributed by atoms with Gasteiger partial charge in [-0.3, -0.25) is 14.4 Å². The third kappa shape index (κ3) is 6.14. The molecule has 6 heteroatoms. The minimum absolute atomic E-state index is 0.195. The highest BCUT2D eigenvalue weighted by molar-refractivity contribution is 5.95. The molecular formula is C14H25NO5. The molecule has 0 heterocycles. The normalized spacial score (nSPS) is 14.2. The van der Waals surface area contributed by atoms with E-state index in [9.17, 15) is 14.4 Å². The standard InChI is InChI=1S/C14H25NO5/c1-13(2,3)10(16)9(15-14(4,5)6)7-8(11(17)18)12(19)20/h8-9,15H,7H2,1-6H3,(H,17,18)(H,19,20)/t9-/m0/s1. The summed E-state index contributed by atoms with van der Waals surface area (Å²) >= 11 is 0. The average molecular weight is 287 g/mol. The van der Waals surface area contributed by atoms with E-state index in [1.165, 1.54) is 0 Å².